The van der Waals surface area contributed by atoms with Crippen molar-refractivity contribution in [3.63, 3.8) is 0 Å². The van der Waals surface area contributed by atoms with E-state index in [0.717, 1.165) is 6.26 Å². The molecule has 1 aromatic rings. The van der Waals surface area contributed by atoms with E-state index >= 15 is 0 Å². The second kappa shape index (κ2) is 4.76. The smallest absolute Gasteiger partial charge is 0.179 e. The van der Waals surface area contributed by atoms with Crippen LogP contribution in [0.4, 0.5) is 0 Å². The van der Waals surface area contributed by atoms with E-state index in [1.54, 1.807) is 14.0 Å². The van der Waals surface area contributed by atoms with Gasteiger partial charge in [0.05, 0.1) is 10.9 Å². The van der Waals surface area contributed by atoms with Gasteiger partial charge >= 0.3 is 0 Å². The Balaban J connectivity index is 3.00. The van der Waals surface area contributed by atoms with Gasteiger partial charge in [-0.25, -0.2) is 8.42 Å². The van der Waals surface area contributed by atoms with Crippen LogP contribution in [-0.4, -0.2) is 33.5 Å². The Hall–Kier alpha value is -1.20. The van der Waals surface area contributed by atoms with Crippen LogP contribution in [-0.2, 0) is 9.84 Å². The van der Waals surface area contributed by atoms with Crippen molar-refractivity contribution in [1.29, 1.82) is 0 Å². The van der Waals surface area contributed by atoms with Crippen molar-refractivity contribution in [2.45, 2.75) is 17.9 Å². The lowest BCUT2D eigenvalue weighted by Gasteiger charge is -2.08. The lowest BCUT2D eigenvalue weighted by Crippen LogP contribution is -2.30. The normalized spacial score (nSPS) is 13.4. The minimum absolute atomic E-state index is 0.0532. The number of Topliss-reactive ketones (excluding diaryl/α,β-unsaturated/α-hetero) is 1. The maximum Gasteiger partial charge on any atom is 0.179 e. The molecule has 0 spiro atoms. The largest absolute Gasteiger partial charge is 0.310 e. The maximum absolute atomic E-state index is 11.7. The molecule has 16 heavy (non-hydrogen) atoms. The molecule has 0 aromatic heterocycles. The Morgan fingerprint density at radius 1 is 1.25 bits per heavy atom. The number of nitrogens with one attached hydrogen (secondary N) is 1. The van der Waals surface area contributed by atoms with Crippen LogP contribution in [0.15, 0.2) is 29.2 Å². The van der Waals surface area contributed by atoms with Crippen molar-refractivity contribution in [3.8, 4) is 0 Å². The minimum Gasteiger partial charge on any atom is -0.310 e. The number of carbonyl (C=O) groups is 1. The van der Waals surface area contributed by atoms with Crippen molar-refractivity contribution in [2.24, 2.45) is 0 Å². The van der Waals surface area contributed by atoms with Gasteiger partial charge in [0.1, 0.15) is 0 Å². The molecule has 88 valence electrons. The molecule has 0 saturated heterocycles. The molecule has 0 radical (unpaired) electrons. The third-order valence-electron chi connectivity index (χ3n) is 2.39. The molecule has 5 heteroatoms. The zero-order chi connectivity index (χ0) is 12.3. The molecule has 0 aliphatic rings. The SMILES string of the molecule is CNC(C)C(=O)c1ccc(S(C)(=O)=O)cc1. The first-order valence-electron chi connectivity index (χ1n) is 4.88. The van der Waals surface area contributed by atoms with Crippen LogP contribution in [0.5, 0.6) is 0 Å². The number of hydrogen-bond donors (Lipinski definition) is 1. The lowest BCUT2D eigenvalue weighted by molar-refractivity contribution is 0.0955. The van der Waals surface area contributed by atoms with Crippen LogP contribution in [0.2, 0.25) is 0 Å². The van der Waals surface area contributed by atoms with E-state index in [-0.39, 0.29) is 16.7 Å². The van der Waals surface area contributed by atoms with Gasteiger partial charge in [-0.05, 0) is 26.1 Å². The van der Waals surface area contributed by atoms with Crippen LogP contribution in [0, 0.1) is 0 Å². The van der Waals surface area contributed by atoms with Gasteiger partial charge in [0.2, 0.25) is 0 Å². The molecule has 1 unspecified atom stereocenters. The monoisotopic (exact) mass is 241 g/mol. The molecule has 1 N–H and O–H groups in total. The highest BCUT2D eigenvalue weighted by atomic mass is 32.2. The maximum atomic E-state index is 11.7. The van der Waals surface area contributed by atoms with Crippen molar-refractivity contribution in [2.75, 3.05) is 13.3 Å². The molecular weight excluding hydrogens is 226 g/mol. The molecule has 1 rings (SSSR count). The Kier molecular flexibility index (Phi) is 3.83. The highest BCUT2D eigenvalue weighted by Crippen LogP contribution is 2.11. The molecule has 4 nitrogen and oxygen atoms in total. The third-order valence-corrected chi connectivity index (χ3v) is 3.52. The fourth-order valence-electron chi connectivity index (χ4n) is 1.25. The number of ketones is 1. The van der Waals surface area contributed by atoms with Gasteiger partial charge < -0.3 is 5.32 Å². The molecule has 0 heterocycles. The summed E-state index contributed by atoms with van der Waals surface area (Å²) in [5, 5.41) is 2.84. The average molecular weight is 241 g/mol. The van der Waals surface area contributed by atoms with Crippen molar-refractivity contribution in [1.82, 2.24) is 5.32 Å². The van der Waals surface area contributed by atoms with Crippen molar-refractivity contribution < 1.29 is 13.2 Å². The summed E-state index contributed by atoms with van der Waals surface area (Å²) in [6, 6.07) is 5.69. The van der Waals surface area contributed by atoms with Gasteiger partial charge in [-0.3, -0.25) is 4.79 Å². The van der Waals surface area contributed by atoms with Gasteiger partial charge in [0.25, 0.3) is 0 Å². The van der Waals surface area contributed by atoms with E-state index in [0.29, 0.717) is 5.56 Å². The first-order chi connectivity index (χ1) is 7.36. The quantitative estimate of drug-likeness (QED) is 0.795. The average Bonchev–Trinajstić information content (AvgIpc) is 2.26. The second-order valence-electron chi connectivity index (χ2n) is 3.67. The molecule has 0 bridgehead atoms. The summed E-state index contributed by atoms with van der Waals surface area (Å²) in [5.41, 5.74) is 0.509. The summed E-state index contributed by atoms with van der Waals surface area (Å²) in [4.78, 5) is 11.9. The molecular formula is C11H15NO3S. The fraction of sp³-hybridized carbons (Fsp3) is 0.364. The fourth-order valence-corrected chi connectivity index (χ4v) is 1.88. The van der Waals surface area contributed by atoms with Crippen LogP contribution in [0.3, 0.4) is 0 Å². The third kappa shape index (κ3) is 2.90. The highest BCUT2D eigenvalue weighted by Gasteiger charge is 2.14. The molecule has 0 saturated carbocycles. The number of benzene rings is 1. The number of carbonyl (C=O) groups excluding carboxylic acids is 1. The van der Waals surface area contributed by atoms with E-state index in [1.165, 1.54) is 24.3 Å². The number of likely N-dealkylation sites (N-methyl/N-ethyl adjacent to an activating group) is 1. The van der Waals surface area contributed by atoms with Crippen molar-refractivity contribution in [3.05, 3.63) is 29.8 Å². The Morgan fingerprint density at radius 3 is 2.12 bits per heavy atom. The lowest BCUT2D eigenvalue weighted by atomic mass is 10.1. The zero-order valence-corrected chi connectivity index (χ0v) is 10.3. The first kappa shape index (κ1) is 12.9. The van der Waals surface area contributed by atoms with E-state index in [1.807, 2.05) is 0 Å². The number of rotatable bonds is 4. The van der Waals surface area contributed by atoms with Gasteiger partial charge in [-0.2, -0.15) is 0 Å². The predicted octanol–water partition coefficient (Wildman–Crippen LogP) is 0.881. The molecule has 0 amide bonds. The molecule has 1 atom stereocenters. The van der Waals surface area contributed by atoms with E-state index in [4.69, 9.17) is 0 Å². The van der Waals surface area contributed by atoms with E-state index in [2.05, 4.69) is 5.32 Å². The topological polar surface area (TPSA) is 63.2 Å². The zero-order valence-electron chi connectivity index (χ0n) is 9.52. The van der Waals surface area contributed by atoms with Crippen LogP contribution >= 0.6 is 0 Å². The van der Waals surface area contributed by atoms with Gasteiger partial charge in [0.15, 0.2) is 15.6 Å². The Labute approximate surface area is 95.6 Å². The van der Waals surface area contributed by atoms with Gasteiger partial charge in [0, 0.05) is 11.8 Å². The summed E-state index contributed by atoms with van der Waals surface area (Å²) < 4.78 is 22.4. The van der Waals surface area contributed by atoms with Crippen molar-refractivity contribution >= 4 is 15.6 Å². The van der Waals surface area contributed by atoms with Crippen LogP contribution in [0.25, 0.3) is 0 Å². The molecule has 1 aromatic carbocycles. The summed E-state index contributed by atoms with van der Waals surface area (Å²) in [6.45, 7) is 1.76. The summed E-state index contributed by atoms with van der Waals surface area (Å²) in [6.07, 6.45) is 1.14. The number of sulfone groups is 1. The first-order valence-corrected chi connectivity index (χ1v) is 6.77. The van der Waals surface area contributed by atoms with E-state index in [9.17, 15) is 13.2 Å². The van der Waals surface area contributed by atoms with Crippen LogP contribution < -0.4 is 5.32 Å². The minimum atomic E-state index is -3.20. The van der Waals surface area contributed by atoms with Gasteiger partial charge in [-0.1, -0.05) is 12.1 Å². The number of hydrogen-bond acceptors (Lipinski definition) is 4. The summed E-state index contributed by atoms with van der Waals surface area (Å²) in [5.74, 6) is -0.0532. The Morgan fingerprint density at radius 2 is 1.75 bits per heavy atom. The van der Waals surface area contributed by atoms with E-state index < -0.39 is 9.84 Å². The predicted molar refractivity (Wildman–Crippen MR) is 62.4 cm³/mol. The Bertz CT molecular complexity index is 476. The van der Waals surface area contributed by atoms with Gasteiger partial charge in [-0.15, -0.1) is 0 Å². The second-order valence-corrected chi connectivity index (χ2v) is 5.69. The molecule has 0 fully saturated rings. The summed E-state index contributed by atoms with van der Waals surface area (Å²) >= 11 is 0. The highest BCUT2D eigenvalue weighted by molar-refractivity contribution is 7.90. The summed E-state index contributed by atoms with van der Waals surface area (Å²) in [7, 11) is -1.50. The van der Waals surface area contributed by atoms with Crippen LogP contribution in [0.1, 0.15) is 17.3 Å². The standard InChI is InChI=1S/C11H15NO3S/c1-8(12-2)11(13)9-4-6-10(7-5-9)16(3,14)15/h4-8,12H,1-3H3. The molecule has 0 aliphatic carbocycles. The molecule has 0 aliphatic heterocycles.